The van der Waals surface area contributed by atoms with Gasteiger partial charge in [0.05, 0.1) is 117 Å². The summed E-state index contributed by atoms with van der Waals surface area (Å²) in [5, 5.41) is 61.3. The number of ether oxygens (including phenoxy) is 8. The fourth-order valence-corrected chi connectivity index (χ4v) is 13.1. The number of carbonyl (C=O) groups is 13. The van der Waals surface area contributed by atoms with E-state index in [1.165, 1.54) is 108 Å². The van der Waals surface area contributed by atoms with E-state index in [-0.39, 0.29) is 66.0 Å². The molecule has 6 atom stereocenters. The van der Waals surface area contributed by atoms with Gasteiger partial charge in [-0.25, -0.2) is 46.8 Å². The standard InChI is InChI=1S/C72H90O34SSi2/c1-8-43(59(76)77)27-51(60(78)79)32-53(65(85)98-26-24-96-23-25-97-63(83)45-13-11-17-49(30-45)70(90)105-109(6,7)106-71(91)50-18-12-16-48(31-50)69(89)104-108(4,5)95)33-52(61(80)81)28-44(9-2)62(82)100-40-72(38-73,39-74)41-101-64(84)46-14-10-15-47(29-46)67(87)102-42(3)37-99-66(86)54-34-55(36-58(35-54)107(92,93)94)68(88)103-57-21-19-56(75)20-22-57/h10-18,29-31,34-36,42-44,51-53,56-57,73-75,95H,8-9,19-28,32-33,37-41H2,1-7H3,(H,76,77)(H,78,79)(H,80,81)(H,92,93,94)/p-1. The molecule has 5 rings (SSSR count). The highest BCUT2D eigenvalue weighted by Crippen LogP contribution is 2.33. The van der Waals surface area contributed by atoms with E-state index >= 15 is 0 Å². The van der Waals surface area contributed by atoms with Gasteiger partial charge in [-0.05, 0) is 157 Å². The van der Waals surface area contributed by atoms with Crippen molar-refractivity contribution < 1.29 is 162 Å². The van der Waals surface area contributed by atoms with Crippen LogP contribution >= 0.6 is 0 Å². The number of carboxylic acid groups (broad SMARTS) is 3. The lowest BCUT2D eigenvalue weighted by molar-refractivity contribution is -0.158. The lowest BCUT2D eigenvalue weighted by atomic mass is 9.80. The summed E-state index contributed by atoms with van der Waals surface area (Å²) in [6.07, 6.45) is -3.45. The average Bonchev–Trinajstić information content (AvgIpc) is 0.818. The molecule has 1 fully saturated rings. The van der Waals surface area contributed by atoms with Crippen molar-refractivity contribution in [3.05, 3.63) is 136 Å². The SMILES string of the molecule is CCC(CC(CC(CC(CC(CC)C(=O)OCC(CO)(CO)COC(=O)c1cccc(C(=O)OC(C)COC(=O)c2cc(C(=O)OC3CCC(O)CC3)cc(S(=O)(=O)[O-])c2)c1)C(=O)O)C(=O)OCCOCCOC(=O)c1cccc(C(=O)O[Si](C)(C)OC(=O)c2cccc(C(=O)O[Si](C)(C)O)c2)c1)C(=O)O)C(=O)O. The summed E-state index contributed by atoms with van der Waals surface area (Å²) in [5.74, 6) is -21.8. The number of hydrogen-bond acceptors (Lipinski definition) is 31. The lowest BCUT2D eigenvalue weighted by Gasteiger charge is -2.30. The first-order valence-electron chi connectivity index (χ1n) is 34.5. The molecule has 596 valence electrons. The minimum absolute atomic E-state index is 0.00292. The molecule has 1 saturated carbocycles. The van der Waals surface area contributed by atoms with Crippen LogP contribution in [0.1, 0.15) is 168 Å². The first-order chi connectivity index (χ1) is 51.2. The Bertz CT molecular complexity index is 4020. The molecule has 1 aliphatic rings. The number of benzene rings is 4. The summed E-state index contributed by atoms with van der Waals surface area (Å²) in [6, 6.07) is 17.6. The van der Waals surface area contributed by atoms with Crippen LogP contribution in [-0.4, -0.2) is 221 Å². The van der Waals surface area contributed by atoms with E-state index in [4.69, 9.17) is 51.2 Å². The summed E-state index contributed by atoms with van der Waals surface area (Å²) in [6.45, 7) is 4.11. The van der Waals surface area contributed by atoms with Crippen LogP contribution in [-0.2, 0) is 85.3 Å². The van der Waals surface area contributed by atoms with Gasteiger partial charge in [-0.3, -0.25) is 24.0 Å². The van der Waals surface area contributed by atoms with Crippen LogP contribution in [0, 0.1) is 35.0 Å². The minimum Gasteiger partial charge on any atom is -0.744 e. The Morgan fingerprint density at radius 3 is 1.34 bits per heavy atom. The predicted octanol–water partition coefficient (Wildman–Crippen LogP) is 5.82. The first-order valence-corrected chi connectivity index (χ1v) is 41.5. The zero-order chi connectivity index (χ0) is 81.1. The molecule has 0 saturated heterocycles. The highest BCUT2D eigenvalue weighted by molar-refractivity contribution is 7.85. The van der Waals surface area contributed by atoms with Gasteiger partial charge >= 0.3 is 94.7 Å². The molecule has 7 N–H and O–H groups in total. The van der Waals surface area contributed by atoms with E-state index in [0.29, 0.717) is 31.7 Å². The van der Waals surface area contributed by atoms with E-state index in [1.54, 1.807) is 0 Å². The zero-order valence-corrected chi connectivity index (χ0v) is 63.6. The van der Waals surface area contributed by atoms with Gasteiger partial charge in [-0.2, -0.15) is 0 Å². The topological polar surface area (TPSA) is 522 Å². The van der Waals surface area contributed by atoms with E-state index in [9.17, 15) is 111 Å². The molecule has 37 heteroatoms. The third-order valence-corrected chi connectivity index (χ3v) is 19.8. The number of aliphatic hydroxyl groups is 3. The van der Waals surface area contributed by atoms with Crippen LogP contribution in [0.3, 0.4) is 0 Å². The maximum absolute atomic E-state index is 13.9. The van der Waals surface area contributed by atoms with Crippen LogP contribution in [0.4, 0.5) is 0 Å². The monoisotopic (exact) mass is 1590 g/mol. The summed E-state index contributed by atoms with van der Waals surface area (Å²) >= 11 is 0. The fourth-order valence-electron chi connectivity index (χ4n) is 10.9. The van der Waals surface area contributed by atoms with Crippen molar-refractivity contribution in [3.8, 4) is 0 Å². The summed E-state index contributed by atoms with van der Waals surface area (Å²) in [7, 11) is -12.1. The molecule has 4 aromatic rings. The van der Waals surface area contributed by atoms with E-state index in [0.717, 1.165) is 24.3 Å². The van der Waals surface area contributed by atoms with Gasteiger partial charge in [0, 0.05) is 13.1 Å². The normalized spacial score (nSPS) is 15.5. The van der Waals surface area contributed by atoms with Gasteiger partial charge in [0.25, 0.3) is 0 Å². The highest BCUT2D eigenvalue weighted by atomic mass is 32.2. The Morgan fingerprint density at radius 1 is 0.486 bits per heavy atom. The zero-order valence-electron chi connectivity index (χ0n) is 60.8. The van der Waals surface area contributed by atoms with Crippen molar-refractivity contribution in [3.63, 3.8) is 0 Å². The predicted molar refractivity (Wildman–Crippen MR) is 375 cm³/mol. The van der Waals surface area contributed by atoms with Crippen LogP contribution in [0.25, 0.3) is 0 Å². The molecule has 1 aliphatic carbocycles. The van der Waals surface area contributed by atoms with Gasteiger partial charge in [-0.1, -0.05) is 32.0 Å². The molecule has 0 aliphatic heterocycles. The van der Waals surface area contributed by atoms with Crippen molar-refractivity contribution in [2.24, 2.45) is 35.0 Å². The Hall–Kier alpha value is -9.87. The van der Waals surface area contributed by atoms with Crippen molar-refractivity contribution in [1.82, 2.24) is 0 Å². The molecule has 34 nitrogen and oxygen atoms in total. The quantitative estimate of drug-likeness (QED) is 0.00901. The molecular weight excluding hydrogens is 1500 g/mol. The van der Waals surface area contributed by atoms with Crippen LogP contribution < -0.4 is 0 Å². The van der Waals surface area contributed by atoms with Crippen molar-refractivity contribution >= 4 is 105 Å². The Balaban J connectivity index is 1.14. The number of aliphatic carboxylic acids is 3. The number of aliphatic hydroxyl groups excluding tert-OH is 3. The van der Waals surface area contributed by atoms with Gasteiger partial charge in [0.2, 0.25) is 0 Å². The van der Waals surface area contributed by atoms with Gasteiger partial charge in [0.15, 0.2) is 0 Å². The fraction of sp³-hybridized carbons (Fsp3) is 0.486. The molecule has 0 aromatic heterocycles. The second-order valence-corrected chi connectivity index (χ2v) is 34.5. The number of carboxylic acids is 3. The third-order valence-electron chi connectivity index (χ3n) is 17.0. The largest absolute Gasteiger partial charge is 0.744 e. The average molecular weight is 1590 g/mol. The Labute approximate surface area is 628 Å². The summed E-state index contributed by atoms with van der Waals surface area (Å²) < 4.78 is 95.0. The van der Waals surface area contributed by atoms with E-state index in [1.807, 2.05) is 0 Å². The van der Waals surface area contributed by atoms with Crippen LogP contribution in [0.15, 0.2) is 95.9 Å². The summed E-state index contributed by atoms with van der Waals surface area (Å²) in [4.78, 5) is 179. The highest BCUT2D eigenvalue weighted by Gasteiger charge is 2.40. The molecular formula is C72H89O34SSi2-. The molecule has 0 amide bonds. The Morgan fingerprint density at radius 2 is 0.881 bits per heavy atom. The smallest absolute Gasteiger partial charge is 0.458 e. The number of hydrogen-bond donors (Lipinski definition) is 7. The molecule has 4 aromatic carbocycles. The van der Waals surface area contributed by atoms with Gasteiger partial charge < -0.3 is 91.2 Å². The second kappa shape index (κ2) is 41.6. The van der Waals surface area contributed by atoms with Gasteiger partial charge in [0.1, 0.15) is 55.4 Å². The second-order valence-electron chi connectivity index (χ2n) is 26.8. The van der Waals surface area contributed by atoms with E-state index < -0.39 is 240 Å². The summed E-state index contributed by atoms with van der Waals surface area (Å²) in [5.41, 5.74) is -3.69. The number of rotatable bonds is 43. The molecule has 109 heavy (non-hydrogen) atoms. The van der Waals surface area contributed by atoms with E-state index in [2.05, 4.69) is 0 Å². The lowest BCUT2D eigenvalue weighted by Crippen LogP contribution is -2.42. The minimum atomic E-state index is -5.21. The molecule has 6 unspecified atom stereocenters. The maximum Gasteiger partial charge on any atom is 0.458 e. The number of esters is 7. The van der Waals surface area contributed by atoms with Crippen LogP contribution in [0.2, 0.25) is 26.2 Å². The molecule has 0 radical (unpaired) electrons. The maximum atomic E-state index is 13.9. The van der Waals surface area contributed by atoms with Gasteiger partial charge in [-0.15, -0.1) is 0 Å². The molecule has 0 bridgehead atoms. The number of carbonyl (C=O) groups excluding carboxylic acids is 10. The molecule has 0 spiro atoms. The Kier molecular flexibility index (Phi) is 34.3. The third kappa shape index (κ3) is 29.2. The first kappa shape index (κ1) is 89.8. The van der Waals surface area contributed by atoms with Crippen LogP contribution in [0.5, 0.6) is 0 Å². The molecule has 0 heterocycles. The van der Waals surface area contributed by atoms with Crippen molar-refractivity contribution in [1.29, 1.82) is 0 Å². The van der Waals surface area contributed by atoms with Crippen molar-refractivity contribution in [2.75, 3.05) is 59.5 Å². The van der Waals surface area contributed by atoms with Crippen molar-refractivity contribution in [2.45, 2.75) is 134 Å².